The lowest BCUT2D eigenvalue weighted by atomic mass is 10.2. The van der Waals surface area contributed by atoms with E-state index in [2.05, 4.69) is 27.9 Å². The number of thioether (sulfide) groups is 1. The Kier molecular flexibility index (Phi) is 8.66. The molecule has 1 aromatic rings. The van der Waals surface area contributed by atoms with Gasteiger partial charge in [0.25, 0.3) is 0 Å². The number of amides is 1. The van der Waals surface area contributed by atoms with Crippen LogP contribution in [0.2, 0.25) is 0 Å². The second-order valence-corrected chi connectivity index (χ2v) is 7.14. The van der Waals surface area contributed by atoms with Crippen LogP contribution in [0.5, 0.6) is 0 Å². The molecule has 0 saturated heterocycles. The van der Waals surface area contributed by atoms with Gasteiger partial charge in [0.1, 0.15) is 0 Å². The summed E-state index contributed by atoms with van der Waals surface area (Å²) in [4.78, 5) is 18.6. The molecule has 1 heterocycles. The zero-order valence-electron chi connectivity index (χ0n) is 15.4. The number of carbonyl (C=O) groups is 1. The highest BCUT2D eigenvalue weighted by Gasteiger charge is 2.23. The molecule has 5 nitrogen and oxygen atoms in total. The number of hydrogen-bond acceptors (Lipinski definition) is 3. The SMILES string of the molecule is CN=C(NCCCCSC)NCCCC(=O)N1CCc2ccccc21. The van der Waals surface area contributed by atoms with E-state index in [1.807, 2.05) is 34.9 Å². The number of fused-ring (bicyclic) bond motifs is 1. The van der Waals surface area contributed by atoms with Crippen LogP contribution < -0.4 is 15.5 Å². The van der Waals surface area contributed by atoms with Crippen LogP contribution in [0.4, 0.5) is 5.69 Å². The highest BCUT2D eigenvalue weighted by molar-refractivity contribution is 7.98. The Balaban J connectivity index is 1.63. The number of unbranched alkanes of at least 4 members (excludes halogenated alkanes) is 1. The molecule has 138 valence electrons. The van der Waals surface area contributed by atoms with E-state index >= 15 is 0 Å². The Bertz CT molecular complexity index is 576. The van der Waals surface area contributed by atoms with Crippen molar-refractivity contribution in [2.45, 2.75) is 32.1 Å². The summed E-state index contributed by atoms with van der Waals surface area (Å²) in [5, 5.41) is 6.61. The molecule has 2 N–H and O–H groups in total. The summed E-state index contributed by atoms with van der Waals surface area (Å²) in [6.45, 7) is 2.50. The zero-order valence-corrected chi connectivity index (χ0v) is 16.2. The van der Waals surface area contributed by atoms with Gasteiger partial charge in [-0.1, -0.05) is 18.2 Å². The van der Waals surface area contributed by atoms with Gasteiger partial charge in [0, 0.05) is 38.8 Å². The van der Waals surface area contributed by atoms with Gasteiger partial charge in [0.05, 0.1) is 0 Å². The Labute approximate surface area is 155 Å². The van der Waals surface area contributed by atoms with Crippen LogP contribution in [-0.4, -0.2) is 50.6 Å². The van der Waals surface area contributed by atoms with Crippen molar-refractivity contribution in [3.63, 3.8) is 0 Å². The third-order valence-electron chi connectivity index (χ3n) is 4.34. The van der Waals surface area contributed by atoms with Crippen LogP contribution in [0.3, 0.4) is 0 Å². The minimum absolute atomic E-state index is 0.215. The van der Waals surface area contributed by atoms with Crippen molar-refractivity contribution in [2.24, 2.45) is 4.99 Å². The molecule has 0 aliphatic carbocycles. The van der Waals surface area contributed by atoms with Crippen LogP contribution in [0.15, 0.2) is 29.3 Å². The summed E-state index contributed by atoms with van der Waals surface area (Å²) in [5.41, 5.74) is 2.36. The number of aliphatic imine (C=N–C) groups is 1. The normalized spacial score (nSPS) is 13.7. The first-order chi connectivity index (χ1) is 12.3. The van der Waals surface area contributed by atoms with Crippen LogP contribution >= 0.6 is 11.8 Å². The molecule has 25 heavy (non-hydrogen) atoms. The van der Waals surface area contributed by atoms with E-state index in [0.717, 1.165) is 50.5 Å². The van der Waals surface area contributed by atoms with Gasteiger partial charge in [-0.2, -0.15) is 11.8 Å². The van der Waals surface area contributed by atoms with Gasteiger partial charge < -0.3 is 15.5 Å². The maximum absolute atomic E-state index is 12.4. The number of nitrogens with zero attached hydrogens (tertiary/aromatic N) is 2. The van der Waals surface area contributed by atoms with E-state index in [-0.39, 0.29) is 5.91 Å². The van der Waals surface area contributed by atoms with Crippen LogP contribution in [0.25, 0.3) is 0 Å². The average Bonchev–Trinajstić information content (AvgIpc) is 3.07. The van der Waals surface area contributed by atoms with Gasteiger partial charge in [-0.25, -0.2) is 0 Å². The fourth-order valence-corrected chi connectivity index (χ4v) is 3.47. The van der Waals surface area contributed by atoms with Gasteiger partial charge in [0.2, 0.25) is 5.91 Å². The largest absolute Gasteiger partial charge is 0.356 e. The standard InChI is InChI=1S/C19H30N4OS/c1-20-19(21-12-5-6-15-25-2)22-13-7-10-18(24)23-14-11-16-8-3-4-9-17(16)23/h3-4,8-9H,5-7,10-15H2,1-2H3,(H2,20,21,22). The molecule has 0 fully saturated rings. The third kappa shape index (κ3) is 6.27. The maximum atomic E-state index is 12.4. The van der Waals surface area contributed by atoms with Crippen LogP contribution in [-0.2, 0) is 11.2 Å². The lowest BCUT2D eigenvalue weighted by Gasteiger charge is -2.17. The second-order valence-electron chi connectivity index (χ2n) is 6.15. The molecular formula is C19H30N4OS. The molecule has 0 aromatic heterocycles. The van der Waals surface area contributed by atoms with Crippen LogP contribution in [0, 0.1) is 0 Å². The average molecular weight is 363 g/mol. The fourth-order valence-electron chi connectivity index (χ4n) is 2.98. The first kappa shape index (κ1) is 19.6. The lowest BCUT2D eigenvalue weighted by molar-refractivity contribution is -0.118. The first-order valence-corrected chi connectivity index (χ1v) is 10.5. The monoisotopic (exact) mass is 362 g/mol. The minimum Gasteiger partial charge on any atom is -0.356 e. The summed E-state index contributed by atoms with van der Waals surface area (Å²) in [6, 6.07) is 8.19. The number of para-hydroxylation sites is 1. The smallest absolute Gasteiger partial charge is 0.227 e. The van der Waals surface area contributed by atoms with E-state index in [4.69, 9.17) is 0 Å². The quantitative estimate of drug-likeness (QED) is 0.403. The molecule has 6 heteroatoms. The number of carbonyl (C=O) groups excluding carboxylic acids is 1. The first-order valence-electron chi connectivity index (χ1n) is 9.08. The lowest BCUT2D eigenvalue weighted by Crippen LogP contribution is -2.38. The Morgan fingerprint density at radius 3 is 2.72 bits per heavy atom. The van der Waals surface area contributed by atoms with E-state index < -0.39 is 0 Å². The molecule has 1 aliphatic heterocycles. The summed E-state index contributed by atoms with van der Waals surface area (Å²) < 4.78 is 0. The molecule has 1 aromatic carbocycles. The summed E-state index contributed by atoms with van der Waals surface area (Å²) >= 11 is 1.88. The van der Waals surface area contributed by atoms with Crippen molar-refractivity contribution in [1.29, 1.82) is 0 Å². The van der Waals surface area contributed by atoms with Crippen molar-refractivity contribution >= 4 is 29.3 Å². The minimum atomic E-state index is 0.215. The molecule has 0 spiro atoms. The summed E-state index contributed by atoms with van der Waals surface area (Å²) in [7, 11) is 1.78. The van der Waals surface area contributed by atoms with Gasteiger partial charge >= 0.3 is 0 Å². The Hall–Kier alpha value is -1.69. The van der Waals surface area contributed by atoms with Gasteiger partial charge in [0.15, 0.2) is 5.96 Å². The van der Waals surface area contributed by atoms with Crippen molar-refractivity contribution in [3.8, 4) is 0 Å². The number of hydrogen-bond donors (Lipinski definition) is 2. The van der Waals surface area contributed by atoms with E-state index in [1.165, 1.54) is 17.7 Å². The van der Waals surface area contributed by atoms with Crippen molar-refractivity contribution in [2.75, 3.05) is 43.6 Å². The highest BCUT2D eigenvalue weighted by Crippen LogP contribution is 2.27. The molecular weight excluding hydrogens is 332 g/mol. The Morgan fingerprint density at radius 2 is 1.96 bits per heavy atom. The maximum Gasteiger partial charge on any atom is 0.227 e. The molecule has 2 rings (SSSR count). The van der Waals surface area contributed by atoms with Gasteiger partial charge in [-0.05, 0) is 49.3 Å². The molecule has 1 amide bonds. The summed E-state index contributed by atoms with van der Waals surface area (Å²) in [6.07, 6.45) is 6.84. The van der Waals surface area contributed by atoms with E-state index in [1.54, 1.807) is 7.05 Å². The predicted octanol–water partition coefficient (Wildman–Crippen LogP) is 2.66. The van der Waals surface area contributed by atoms with E-state index in [9.17, 15) is 4.79 Å². The number of rotatable bonds is 9. The van der Waals surface area contributed by atoms with Crippen molar-refractivity contribution in [1.82, 2.24) is 10.6 Å². The number of anilines is 1. The predicted molar refractivity (Wildman–Crippen MR) is 109 cm³/mol. The topological polar surface area (TPSA) is 56.7 Å². The van der Waals surface area contributed by atoms with Crippen LogP contribution in [0.1, 0.15) is 31.2 Å². The van der Waals surface area contributed by atoms with Gasteiger partial charge in [-0.3, -0.25) is 9.79 Å². The van der Waals surface area contributed by atoms with Crippen molar-refractivity contribution in [3.05, 3.63) is 29.8 Å². The second kappa shape index (κ2) is 11.0. The molecule has 0 bridgehead atoms. The number of benzene rings is 1. The highest BCUT2D eigenvalue weighted by atomic mass is 32.2. The zero-order chi connectivity index (χ0) is 17.9. The number of nitrogens with one attached hydrogen (secondary N) is 2. The van der Waals surface area contributed by atoms with Gasteiger partial charge in [-0.15, -0.1) is 0 Å². The Morgan fingerprint density at radius 1 is 1.20 bits per heavy atom. The molecule has 1 aliphatic rings. The third-order valence-corrected chi connectivity index (χ3v) is 5.04. The molecule has 0 unspecified atom stereocenters. The number of guanidine groups is 1. The molecule has 0 saturated carbocycles. The molecule has 0 radical (unpaired) electrons. The molecule has 0 atom stereocenters. The van der Waals surface area contributed by atoms with Crippen molar-refractivity contribution < 1.29 is 4.79 Å². The summed E-state index contributed by atoms with van der Waals surface area (Å²) in [5.74, 6) is 2.24. The fraction of sp³-hybridized carbons (Fsp3) is 0.579. The van der Waals surface area contributed by atoms with E-state index in [0.29, 0.717) is 6.42 Å².